The summed E-state index contributed by atoms with van der Waals surface area (Å²) >= 11 is 0. The number of hydrogen-bond acceptors (Lipinski definition) is 5. The topological polar surface area (TPSA) is 78.4 Å². The van der Waals surface area contributed by atoms with Crippen LogP contribution in [0.2, 0.25) is 0 Å². The SMILES string of the molecule is CC(=O)N1CCN(c2cc(C(=O)NC(C)(C)C)ncn2)CC1. The third-order valence-corrected chi connectivity index (χ3v) is 3.42. The molecule has 1 N–H and O–H groups in total. The zero-order valence-corrected chi connectivity index (χ0v) is 13.6. The maximum absolute atomic E-state index is 12.2. The van der Waals surface area contributed by atoms with Crippen molar-refractivity contribution in [3.63, 3.8) is 0 Å². The molecule has 1 saturated heterocycles. The predicted molar refractivity (Wildman–Crippen MR) is 83.7 cm³/mol. The van der Waals surface area contributed by atoms with Gasteiger partial charge in [-0.3, -0.25) is 9.59 Å². The summed E-state index contributed by atoms with van der Waals surface area (Å²) in [4.78, 5) is 35.7. The zero-order valence-electron chi connectivity index (χ0n) is 13.6. The first kappa shape index (κ1) is 16.2. The van der Waals surface area contributed by atoms with E-state index in [0.29, 0.717) is 31.9 Å². The molecule has 0 aliphatic carbocycles. The maximum atomic E-state index is 12.2. The molecule has 0 aromatic carbocycles. The van der Waals surface area contributed by atoms with E-state index >= 15 is 0 Å². The molecule has 0 unspecified atom stereocenters. The van der Waals surface area contributed by atoms with Crippen LogP contribution < -0.4 is 10.2 Å². The van der Waals surface area contributed by atoms with Crippen LogP contribution in [-0.4, -0.2) is 58.4 Å². The van der Waals surface area contributed by atoms with Crippen molar-refractivity contribution in [2.24, 2.45) is 0 Å². The molecule has 0 radical (unpaired) electrons. The Kier molecular flexibility index (Phi) is 4.63. The van der Waals surface area contributed by atoms with E-state index in [1.54, 1.807) is 13.0 Å². The molecule has 1 aliphatic rings. The quantitative estimate of drug-likeness (QED) is 0.869. The number of anilines is 1. The van der Waals surface area contributed by atoms with Crippen molar-refractivity contribution in [1.29, 1.82) is 0 Å². The minimum Gasteiger partial charge on any atom is -0.353 e. The second-order valence-corrected chi connectivity index (χ2v) is 6.46. The van der Waals surface area contributed by atoms with Gasteiger partial charge in [-0.25, -0.2) is 9.97 Å². The normalized spacial score (nSPS) is 15.6. The number of carbonyl (C=O) groups excluding carboxylic acids is 2. The van der Waals surface area contributed by atoms with E-state index in [0.717, 1.165) is 5.82 Å². The average Bonchev–Trinajstić information content (AvgIpc) is 2.46. The Morgan fingerprint density at radius 1 is 1.14 bits per heavy atom. The van der Waals surface area contributed by atoms with Crippen LogP contribution in [0.15, 0.2) is 12.4 Å². The van der Waals surface area contributed by atoms with Crippen LogP contribution in [0.4, 0.5) is 5.82 Å². The monoisotopic (exact) mass is 305 g/mol. The van der Waals surface area contributed by atoms with Crippen LogP contribution in [0.1, 0.15) is 38.2 Å². The molecular formula is C15H23N5O2. The fourth-order valence-electron chi connectivity index (χ4n) is 2.30. The van der Waals surface area contributed by atoms with E-state index in [9.17, 15) is 9.59 Å². The van der Waals surface area contributed by atoms with Gasteiger partial charge in [0.2, 0.25) is 5.91 Å². The van der Waals surface area contributed by atoms with E-state index in [1.165, 1.54) is 6.33 Å². The number of rotatable bonds is 2. The fourth-order valence-corrected chi connectivity index (χ4v) is 2.30. The Morgan fingerprint density at radius 2 is 1.77 bits per heavy atom. The summed E-state index contributed by atoms with van der Waals surface area (Å²) in [7, 11) is 0. The maximum Gasteiger partial charge on any atom is 0.270 e. The van der Waals surface area contributed by atoms with Crippen LogP contribution in [0.5, 0.6) is 0 Å². The lowest BCUT2D eigenvalue weighted by molar-refractivity contribution is -0.129. The van der Waals surface area contributed by atoms with Gasteiger partial charge in [-0.15, -0.1) is 0 Å². The van der Waals surface area contributed by atoms with Crippen LogP contribution in [0, 0.1) is 0 Å². The number of hydrogen-bond donors (Lipinski definition) is 1. The summed E-state index contributed by atoms with van der Waals surface area (Å²) in [5.41, 5.74) is 0.0453. The third-order valence-electron chi connectivity index (χ3n) is 3.42. The minimum atomic E-state index is -0.310. The van der Waals surface area contributed by atoms with E-state index in [-0.39, 0.29) is 17.4 Å². The predicted octanol–water partition coefficient (Wildman–Crippen LogP) is 0.673. The van der Waals surface area contributed by atoms with E-state index in [1.807, 2.05) is 25.7 Å². The van der Waals surface area contributed by atoms with Gasteiger partial charge in [-0.05, 0) is 20.8 Å². The minimum absolute atomic E-state index is 0.0904. The second kappa shape index (κ2) is 6.29. The highest BCUT2D eigenvalue weighted by atomic mass is 16.2. The third kappa shape index (κ3) is 4.16. The van der Waals surface area contributed by atoms with Crippen molar-refractivity contribution in [2.75, 3.05) is 31.1 Å². The molecule has 1 fully saturated rings. The molecule has 120 valence electrons. The number of nitrogens with one attached hydrogen (secondary N) is 1. The highest BCUT2D eigenvalue weighted by Crippen LogP contribution is 2.14. The first-order chi connectivity index (χ1) is 10.3. The molecule has 2 amide bonds. The van der Waals surface area contributed by atoms with E-state index in [4.69, 9.17) is 0 Å². The molecule has 1 aromatic heterocycles. The highest BCUT2D eigenvalue weighted by Gasteiger charge is 2.21. The van der Waals surface area contributed by atoms with Crippen molar-refractivity contribution >= 4 is 17.6 Å². The van der Waals surface area contributed by atoms with Crippen LogP contribution in [0.3, 0.4) is 0 Å². The molecular weight excluding hydrogens is 282 g/mol. The van der Waals surface area contributed by atoms with Crippen LogP contribution >= 0.6 is 0 Å². The van der Waals surface area contributed by atoms with Gasteiger partial charge in [0.15, 0.2) is 0 Å². The van der Waals surface area contributed by atoms with Crippen LogP contribution in [0.25, 0.3) is 0 Å². The van der Waals surface area contributed by atoms with E-state index in [2.05, 4.69) is 20.2 Å². The fraction of sp³-hybridized carbons (Fsp3) is 0.600. The highest BCUT2D eigenvalue weighted by molar-refractivity contribution is 5.93. The lowest BCUT2D eigenvalue weighted by Gasteiger charge is -2.34. The lowest BCUT2D eigenvalue weighted by Crippen LogP contribution is -2.48. The van der Waals surface area contributed by atoms with Gasteiger partial charge < -0.3 is 15.1 Å². The summed E-state index contributed by atoms with van der Waals surface area (Å²) in [5.74, 6) is 0.600. The Balaban J connectivity index is 2.06. The number of nitrogens with zero attached hydrogens (tertiary/aromatic N) is 4. The Labute approximate surface area is 130 Å². The van der Waals surface area contributed by atoms with Gasteiger partial charge in [0.25, 0.3) is 5.91 Å². The average molecular weight is 305 g/mol. The molecule has 2 rings (SSSR count). The molecule has 22 heavy (non-hydrogen) atoms. The van der Waals surface area contributed by atoms with Crippen molar-refractivity contribution in [2.45, 2.75) is 33.2 Å². The number of piperazine rings is 1. The molecule has 7 heteroatoms. The first-order valence-corrected chi connectivity index (χ1v) is 7.41. The summed E-state index contributed by atoms with van der Waals surface area (Å²) in [6.45, 7) is 10.1. The van der Waals surface area contributed by atoms with E-state index < -0.39 is 0 Å². The summed E-state index contributed by atoms with van der Waals surface area (Å²) < 4.78 is 0. The largest absolute Gasteiger partial charge is 0.353 e. The van der Waals surface area contributed by atoms with Gasteiger partial charge in [-0.1, -0.05) is 0 Å². The number of amides is 2. The number of carbonyl (C=O) groups is 2. The van der Waals surface area contributed by atoms with Crippen molar-refractivity contribution < 1.29 is 9.59 Å². The smallest absolute Gasteiger partial charge is 0.270 e. The number of aromatic nitrogens is 2. The van der Waals surface area contributed by atoms with Crippen molar-refractivity contribution in [3.8, 4) is 0 Å². The molecule has 2 heterocycles. The Hall–Kier alpha value is -2.18. The molecule has 1 aliphatic heterocycles. The second-order valence-electron chi connectivity index (χ2n) is 6.46. The molecule has 0 atom stereocenters. The lowest BCUT2D eigenvalue weighted by atomic mass is 10.1. The zero-order chi connectivity index (χ0) is 16.3. The molecule has 0 spiro atoms. The van der Waals surface area contributed by atoms with Gasteiger partial charge in [0, 0.05) is 44.7 Å². The van der Waals surface area contributed by atoms with Crippen LogP contribution in [-0.2, 0) is 4.79 Å². The van der Waals surface area contributed by atoms with Crippen molar-refractivity contribution in [1.82, 2.24) is 20.2 Å². The van der Waals surface area contributed by atoms with Gasteiger partial charge >= 0.3 is 0 Å². The molecule has 1 aromatic rings. The molecule has 7 nitrogen and oxygen atoms in total. The van der Waals surface area contributed by atoms with Crippen molar-refractivity contribution in [3.05, 3.63) is 18.1 Å². The standard InChI is InChI=1S/C15H23N5O2/c1-11(21)19-5-7-20(8-6-19)13-9-12(16-10-17-13)14(22)18-15(2,3)4/h9-10H,5-8H2,1-4H3,(H,18,22). The summed E-state index contributed by atoms with van der Waals surface area (Å²) in [6, 6.07) is 1.70. The van der Waals surface area contributed by atoms with Gasteiger partial charge in [0.1, 0.15) is 17.8 Å². The van der Waals surface area contributed by atoms with Gasteiger partial charge in [0.05, 0.1) is 0 Å². The molecule has 0 saturated carbocycles. The Morgan fingerprint density at radius 3 is 2.32 bits per heavy atom. The van der Waals surface area contributed by atoms with Gasteiger partial charge in [-0.2, -0.15) is 0 Å². The first-order valence-electron chi connectivity index (χ1n) is 7.41. The Bertz CT molecular complexity index is 559. The summed E-state index contributed by atoms with van der Waals surface area (Å²) in [6.07, 6.45) is 1.41. The summed E-state index contributed by atoms with van der Waals surface area (Å²) in [5, 5.41) is 2.89. The molecule has 0 bridgehead atoms.